The monoisotopic (exact) mass is 193 g/mol. The Labute approximate surface area is 78.6 Å². The van der Waals surface area contributed by atoms with E-state index in [1.807, 2.05) is 6.92 Å². The van der Waals surface area contributed by atoms with Crippen molar-refractivity contribution in [1.82, 2.24) is 4.90 Å². The summed E-state index contributed by atoms with van der Waals surface area (Å²) in [7, 11) is 1.62. The molecule has 0 spiro atoms. The first kappa shape index (κ1) is 11.7. The van der Waals surface area contributed by atoms with Gasteiger partial charge in [0.2, 0.25) is 5.91 Å². The van der Waals surface area contributed by atoms with Gasteiger partial charge in [-0.3, -0.25) is 4.79 Å². The summed E-state index contributed by atoms with van der Waals surface area (Å²) in [6, 6.07) is 0. The summed E-state index contributed by atoms with van der Waals surface area (Å²) in [5.74, 6) is 0.614. The Morgan fingerprint density at radius 2 is 2.17 bits per heavy atom. The van der Waals surface area contributed by atoms with Crippen molar-refractivity contribution in [1.29, 1.82) is 0 Å². The number of methoxy groups -OCH3 is 1. The van der Waals surface area contributed by atoms with Crippen molar-refractivity contribution in [3.05, 3.63) is 0 Å². The SMILES string of the molecule is CCC(=O)N(CCCl)CCOC. The van der Waals surface area contributed by atoms with Gasteiger partial charge in [-0.25, -0.2) is 0 Å². The van der Waals surface area contributed by atoms with Crippen LogP contribution in [0.4, 0.5) is 0 Å². The van der Waals surface area contributed by atoms with Crippen molar-refractivity contribution < 1.29 is 9.53 Å². The second-order valence-electron chi connectivity index (χ2n) is 2.42. The van der Waals surface area contributed by atoms with Gasteiger partial charge in [0.25, 0.3) is 0 Å². The number of rotatable bonds is 6. The van der Waals surface area contributed by atoms with Gasteiger partial charge in [0.05, 0.1) is 6.61 Å². The lowest BCUT2D eigenvalue weighted by atomic mass is 10.4. The lowest BCUT2D eigenvalue weighted by Gasteiger charge is -2.20. The number of carbonyl (C=O) groups is 1. The average molecular weight is 194 g/mol. The van der Waals surface area contributed by atoms with Crippen molar-refractivity contribution in [2.45, 2.75) is 13.3 Å². The molecule has 72 valence electrons. The highest BCUT2D eigenvalue weighted by molar-refractivity contribution is 6.18. The summed E-state index contributed by atoms with van der Waals surface area (Å²) >= 11 is 5.54. The highest BCUT2D eigenvalue weighted by atomic mass is 35.5. The predicted octanol–water partition coefficient (Wildman–Crippen LogP) is 1.11. The Bertz CT molecular complexity index is 130. The van der Waals surface area contributed by atoms with Crippen LogP contribution in [0.5, 0.6) is 0 Å². The second kappa shape index (κ2) is 7.37. The lowest BCUT2D eigenvalue weighted by Crippen LogP contribution is -2.34. The first-order valence-electron chi connectivity index (χ1n) is 4.09. The van der Waals surface area contributed by atoms with Gasteiger partial charge in [-0.2, -0.15) is 0 Å². The van der Waals surface area contributed by atoms with E-state index in [2.05, 4.69) is 0 Å². The fourth-order valence-corrected chi connectivity index (χ4v) is 1.09. The maximum Gasteiger partial charge on any atom is 0.222 e. The molecule has 12 heavy (non-hydrogen) atoms. The van der Waals surface area contributed by atoms with Crippen LogP contribution in [0.1, 0.15) is 13.3 Å². The minimum atomic E-state index is 0.132. The number of nitrogens with zero attached hydrogens (tertiary/aromatic N) is 1. The van der Waals surface area contributed by atoms with E-state index in [0.717, 1.165) is 0 Å². The van der Waals surface area contributed by atoms with Crippen LogP contribution in [0.3, 0.4) is 0 Å². The van der Waals surface area contributed by atoms with E-state index in [0.29, 0.717) is 32.0 Å². The van der Waals surface area contributed by atoms with E-state index in [-0.39, 0.29) is 5.91 Å². The molecule has 0 saturated heterocycles. The molecule has 0 bridgehead atoms. The molecule has 0 fully saturated rings. The van der Waals surface area contributed by atoms with Gasteiger partial charge >= 0.3 is 0 Å². The topological polar surface area (TPSA) is 29.5 Å². The van der Waals surface area contributed by atoms with Gasteiger partial charge < -0.3 is 9.64 Å². The summed E-state index contributed by atoms with van der Waals surface area (Å²) in [4.78, 5) is 12.9. The van der Waals surface area contributed by atoms with E-state index in [1.54, 1.807) is 12.0 Å². The number of hydrogen-bond donors (Lipinski definition) is 0. The number of carbonyl (C=O) groups excluding carboxylic acids is 1. The summed E-state index contributed by atoms with van der Waals surface area (Å²) in [5, 5.41) is 0. The molecule has 0 aliphatic heterocycles. The average Bonchev–Trinajstić information content (AvgIpc) is 2.11. The molecule has 3 nitrogen and oxygen atoms in total. The predicted molar refractivity (Wildman–Crippen MR) is 49.5 cm³/mol. The molecule has 0 N–H and O–H groups in total. The van der Waals surface area contributed by atoms with Gasteiger partial charge in [-0.1, -0.05) is 6.92 Å². The van der Waals surface area contributed by atoms with Gasteiger partial charge in [0, 0.05) is 32.5 Å². The van der Waals surface area contributed by atoms with Crippen LogP contribution >= 0.6 is 11.6 Å². The second-order valence-corrected chi connectivity index (χ2v) is 2.79. The molecule has 4 heteroatoms. The van der Waals surface area contributed by atoms with E-state index in [4.69, 9.17) is 16.3 Å². The molecule has 0 radical (unpaired) electrons. The third-order valence-corrected chi connectivity index (χ3v) is 1.74. The number of hydrogen-bond acceptors (Lipinski definition) is 2. The first-order chi connectivity index (χ1) is 5.76. The van der Waals surface area contributed by atoms with Crippen LogP contribution in [0.2, 0.25) is 0 Å². The summed E-state index contributed by atoms with van der Waals surface area (Å²) in [6.07, 6.45) is 0.528. The number of amides is 1. The molecule has 0 aromatic carbocycles. The van der Waals surface area contributed by atoms with Crippen LogP contribution in [-0.2, 0) is 9.53 Å². The fraction of sp³-hybridized carbons (Fsp3) is 0.875. The Balaban J connectivity index is 3.76. The first-order valence-corrected chi connectivity index (χ1v) is 4.62. The fourth-order valence-electron chi connectivity index (χ4n) is 0.888. The zero-order valence-corrected chi connectivity index (χ0v) is 8.43. The minimum absolute atomic E-state index is 0.132. The molecular weight excluding hydrogens is 178 g/mol. The van der Waals surface area contributed by atoms with Crippen LogP contribution in [0, 0.1) is 0 Å². The third-order valence-electron chi connectivity index (χ3n) is 1.57. The van der Waals surface area contributed by atoms with E-state index in [9.17, 15) is 4.79 Å². The van der Waals surface area contributed by atoms with Crippen molar-refractivity contribution in [3.63, 3.8) is 0 Å². The van der Waals surface area contributed by atoms with Crippen molar-refractivity contribution in [3.8, 4) is 0 Å². The van der Waals surface area contributed by atoms with Gasteiger partial charge in [-0.05, 0) is 0 Å². The molecule has 0 aliphatic rings. The quantitative estimate of drug-likeness (QED) is 0.592. The number of halogens is 1. The van der Waals surface area contributed by atoms with Crippen LogP contribution in [0.15, 0.2) is 0 Å². The summed E-state index contributed by atoms with van der Waals surface area (Å²) in [5.41, 5.74) is 0. The molecule has 0 unspecified atom stereocenters. The minimum Gasteiger partial charge on any atom is -0.383 e. The number of ether oxygens (including phenoxy) is 1. The summed E-state index contributed by atoms with van der Waals surface area (Å²) in [6.45, 7) is 3.66. The van der Waals surface area contributed by atoms with Gasteiger partial charge in [0.1, 0.15) is 0 Å². The standard InChI is InChI=1S/C8H16ClNO2/c1-3-8(11)10(5-4-9)6-7-12-2/h3-7H2,1-2H3. The molecule has 1 amide bonds. The Morgan fingerprint density at radius 3 is 2.58 bits per heavy atom. The van der Waals surface area contributed by atoms with Gasteiger partial charge in [0.15, 0.2) is 0 Å². The van der Waals surface area contributed by atoms with Crippen molar-refractivity contribution in [2.75, 3.05) is 32.7 Å². The maximum absolute atomic E-state index is 11.2. The molecule has 0 saturated carbocycles. The molecular formula is C8H16ClNO2. The zero-order chi connectivity index (χ0) is 9.40. The highest BCUT2D eigenvalue weighted by Crippen LogP contribution is 1.94. The highest BCUT2D eigenvalue weighted by Gasteiger charge is 2.09. The molecule has 0 aliphatic carbocycles. The van der Waals surface area contributed by atoms with Crippen LogP contribution < -0.4 is 0 Å². The molecule has 0 aromatic rings. The van der Waals surface area contributed by atoms with Gasteiger partial charge in [-0.15, -0.1) is 11.6 Å². The Hall–Kier alpha value is -0.280. The third kappa shape index (κ3) is 4.57. The lowest BCUT2D eigenvalue weighted by molar-refractivity contribution is -0.131. The molecule has 0 atom stereocenters. The molecule has 0 rings (SSSR count). The Morgan fingerprint density at radius 1 is 1.50 bits per heavy atom. The number of alkyl halides is 1. The van der Waals surface area contributed by atoms with Crippen LogP contribution in [-0.4, -0.2) is 43.5 Å². The van der Waals surface area contributed by atoms with Crippen LogP contribution in [0.25, 0.3) is 0 Å². The molecule has 0 aromatic heterocycles. The van der Waals surface area contributed by atoms with E-state index in [1.165, 1.54) is 0 Å². The Kier molecular flexibility index (Phi) is 7.20. The van der Waals surface area contributed by atoms with E-state index >= 15 is 0 Å². The molecule has 0 heterocycles. The van der Waals surface area contributed by atoms with E-state index < -0.39 is 0 Å². The normalized spacial score (nSPS) is 9.92. The maximum atomic E-state index is 11.2. The summed E-state index contributed by atoms with van der Waals surface area (Å²) < 4.78 is 4.88. The van der Waals surface area contributed by atoms with Crippen molar-refractivity contribution >= 4 is 17.5 Å². The largest absolute Gasteiger partial charge is 0.383 e. The van der Waals surface area contributed by atoms with Crippen molar-refractivity contribution in [2.24, 2.45) is 0 Å². The smallest absolute Gasteiger partial charge is 0.222 e. The zero-order valence-electron chi connectivity index (χ0n) is 7.68.